The Kier molecular flexibility index (Phi) is 4.84. The predicted octanol–water partition coefficient (Wildman–Crippen LogP) is 11.9. The lowest BCUT2D eigenvalue weighted by molar-refractivity contribution is 0.669. The molecule has 4 nitrogen and oxygen atoms in total. The van der Waals surface area contributed by atoms with Crippen molar-refractivity contribution in [2.24, 2.45) is 0 Å². The van der Waals surface area contributed by atoms with Crippen molar-refractivity contribution in [3.63, 3.8) is 0 Å². The van der Waals surface area contributed by atoms with Gasteiger partial charge in [-0.05, 0) is 72.1 Å². The smallest absolute Gasteiger partial charge is 0.154 e. The van der Waals surface area contributed by atoms with Gasteiger partial charge in [0.25, 0.3) is 0 Å². The van der Waals surface area contributed by atoms with Crippen LogP contribution in [-0.2, 0) is 0 Å². The molecule has 10 rings (SSSR count). The summed E-state index contributed by atoms with van der Waals surface area (Å²) in [5.74, 6) is 0.819. The van der Waals surface area contributed by atoms with Crippen LogP contribution < -0.4 is 4.90 Å². The van der Waals surface area contributed by atoms with E-state index in [-0.39, 0.29) is 0 Å². The van der Waals surface area contributed by atoms with Gasteiger partial charge in [-0.2, -0.15) is 0 Å². The highest BCUT2D eigenvalue weighted by Gasteiger charge is 2.20. The van der Waals surface area contributed by atoms with Crippen molar-refractivity contribution in [1.29, 1.82) is 0 Å². The summed E-state index contributed by atoms with van der Waals surface area (Å²) in [6, 6.07) is 46.6. The summed E-state index contributed by atoms with van der Waals surface area (Å²) in [7, 11) is 0. The summed E-state index contributed by atoms with van der Waals surface area (Å²) in [5, 5.41) is 7.93. The first-order valence-corrected chi connectivity index (χ1v) is 15.4. The Morgan fingerprint density at radius 2 is 1.18 bits per heavy atom. The molecule has 4 aromatic heterocycles. The largest absolute Gasteiger partial charge is 0.456 e. The molecule has 44 heavy (non-hydrogen) atoms. The van der Waals surface area contributed by atoms with Gasteiger partial charge in [-0.1, -0.05) is 66.7 Å². The van der Waals surface area contributed by atoms with Crippen LogP contribution in [0.3, 0.4) is 0 Å². The normalized spacial score (nSPS) is 12.1. The molecule has 0 aliphatic rings. The lowest BCUT2D eigenvalue weighted by Gasteiger charge is -2.24. The molecule has 0 saturated heterocycles. The lowest BCUT2D eigenvalue weighted by Crippen LogP contribution is -2.11. The number of pyridine rings is 1. The van der Waals surface area contributed by atoms with Crippen LogP contribution in [0.1, 0.15) is 0 Å². The van der Waals surface area contributed by atoms with Gasteiger partial charge in [0.1, 0.15) is 28.1 Å². The number of aromatic nitrogens is 1. The summed E-state index contributed by atoms with van der Waals surface area (Å²) in [6.07, 6.45) is 0. The van der Waals surface area contributed by atoms with Crippen molar-refractivity contribution in [3.8, 4) is 0 Å². The summed E-state index contributed by atoms with van der Waals surface area (Å²) >= 11 is 1.82. The Balaban J connectivity index is 1.24. The topological polar surface area (TPSA) is 42.4 Å². The molecule has 0 aliphatic heterocycles. The van der Waals surface area contributed by atoms with Crippen molar-refractivity contribution in [2.75, 3.05) is 4.90 Å². The van der Waals surface area contributed by atoms with Gasteiger partial charge in [-0.15, -0.1) is 11.3 Å². The van der Waals surface area contributed by atoms with E-state index < -0.39 is 0 Å². The van der Waals surface area contributed by atoms with E-state index in [2.05, 4.69) is 120 Å². The number of para-hydroxylation sites is 1. The molecular weight excluding hydrogens is 561 g/mol. The lowest BCUT2D eigenvalue weighted by atomic mass is 10.1. The van der Waals surface area contributed by atoms with Crippen LogP contribution in [0.15, 0.2) is 142 Å². The maximum absolute atomic E-state index is 6.41. The van der Waals surface area contributed by atoms with Crippen molar-refractivity contribution in [3.05, 3.63) is 133 Å². The number of thiophene rings is 1. The number of hydrogen-bond acceptors (Lipinski definition) is 5. The Morgan fingerprint density at radius 3 is 2.11 bits per heavy atom. The molecule has 206 valence electrons. The van der Waals surface area contributed by atoms with E-state index in [4.69, 9.17) is 13.8 Å². The third-order valence-electron chi connectivity index (χ3n) is 8.66. The maximum atomic E-state index is 6.41. The summed E-state index contributed by atoms with van der Waals surface area (Å²) in [4.78, 5) is 7.54. The van der Waals surface area contributed by atoms with Crippen LogP contribution in [0.2, 0.25) is 0 Å². The molecule has 0 bridgehead atoms. The molecule has 0 aliphatic carbocycles. The molecule has 4 heterocycles. The third kappa shape index (κ3) is 3.41. The number of nitrogens with zero attached hydrogens (tertiary/aromatic N) is 2. The fraction of sp³-hybridized carbons (Fsp3) is 0. The molecule has 0 N–H and O–H groups in total. The molecule has 10 aromatic rings. The van der Waals surface area contributed by atoms with E-state index in [1.54, 1.807) is 0 Å². The van der Waals surface area contributed by atoms with Gasteiger partial charge >= 0.3 is 0 Å². The van der Waals surface area contributed by atoms with E-state index in [1.807, 2.05) is 29.5 Å². The first-order valence-electron chi connectivity index (χ1n) is 14.6. The Hall–Kier alpha value is -5.65. The van der Waals surface area contributed by atoms with Gasteiger partial charge in [-0.25, -0.2) is 4.98 Å². The van der Waals surface area contributed by atoms with Crippen molar-refractivity contribution in [1.82, 2.24) is 4.98 Å². The van der Waals surface area contributed by atoms with Gasteiger partial charge in [0.05, 0.1) is 0 Å². The van der Waals surface area contributed by atoms with E-state index in [0.29, 0.717) is 0 Å². The summed E-state index contributed by atoms with van der Waals surface area (Å²) < 4.78 is 15.1. The zero-order valence-electron chi connectivity index (χ0n) is 23.3. The molecule has 0 unspecified atom stereocenters. The third-order valence-corrected chi connectivity index (χ3v) is 9.81. The van der Waals surface area contributed by atoms with Crippen LogP contribution in [-0.4, -0.2) is 4.98 Å². The molecule has 0 spiro atoms. The molecule has 0 saturated carbocycles. The van der Waals surface area contributed by atoms with Crippen molar-refractivity contribution in [2.45, 2.75) is 0 Å². The van der Waals surface area contributed by atoms with Gasteiger partial charge < -0.3 is 8.83 Å². The second kappa shape index (κ2) is 8.93. The van der Waals surface area contributed by atoms with Gasteiger partial charge in [0.2, 0.25) is 0 Å². The second-order valence-corrected chi connectivity index (χ2v) is 12.3. The van der Waals surface area contributed by atoms with Gasteiger partial charge in [0, 0.05) is 53.1 Å². The predicted molar refractivity (Wildman–Crippen MR) is 184 cm³/mol. The second-order valence-electron chi connectivity index (χ2n) is 11.2. The number of benzene rings is 6. The van der Waals surface area contributed by atoms with Crippen LogP contribution in [0, 0.1) is 0 Å². The average molecular weight is 583 g/mol. The van der Waals surface area contributed by atoms with Crippen molar-refractivity contribution >= 4 is 103 Å². The quantitative estimate of drug-likeness (QED) is 0.208. The van der Waals surface area contributed by atoms with E-state index in [0.717, 1.165) is 72.0 Å². The Bertz CT molecular complexity index is 2640. The van der Waals surface area contributed by atoms with Crippen molar-refractivity contribution < 1.29 is 8.83 Å². The molecule has 0 amide bonds. The van der Waals surface area contributed by atoms with E-state index in [1.165, 1.54) is 20.2 Å². The minimum Gasteiger partial charge on any atom is -0.456 e. The molecule has 0 radical (unpaired) electrons. The Morgan fingerprint density at radius 1 is 0.477 bits per heavy atom. The number of fused-ring (bicyclic) bond motifs is 11. The number of hydrogen-bond donors (Lipinski definition) is 0. The zero-order chi connectivity index (χ0) is 28.8. The fourth-order valence-electron chi connectivity index (χ4n) is 6.61. The molecule has 5 heteroatoms. The van der Waals surface area contributed by atoms with E-state index in [9.17, 15) is 0 Å². The van der Waals surface area contributed by atoms with E-state index >= 15 is 0 Å². The SMILES string of the molecule is c1ccc2c(c1)ccc1c3nc(N(c4ccc5oc6ccccc6c5c4)c4ccc5sc6ccccc6c5c4)ccc3oc21. The first kappa shape index (κ1) is 23.9. The minimum atomic E-state index is 0.774. The number of furan rings is 2. The standard InChI is InChI=1S/C39H22N2O2S/c1-2-8-26-23(7-1)13-16-29-38-34(43-39(26)29)18-20-37(40-38)41(24-14-17-33-30(21-24)27-9-3-5-11-32(27)42-33)25-15-19-36-31(22-25)28-10-4-6-12-35(28)44-36/h1-22H. The van der Waals surface area contributed by atoms with Crippen LogP contribution in [0.5, 0.6) is 0 Å². The van der Waals surface area contributed by atoms with Gasteiger partial charge in [0.15, 0.2) is 5.58 Å². The molecule has 0 atom stereocenters. The fourth-order valence-corrected chi connectivity index (χ4v) is 7.69. The van der Waals surface area contributed by atoms with Crippen LogP contribution in [0.4, 0.5) is 17.2 Å². The minimum absolute atomic E-state index is 0.774. The average Bonchev–Trinajstić information content (AvgIpc) is 3.76. The molecule has 0 fully saturated rings. The Labute approximate surface area is 255 Å². The summed E-state index contributed by atoms with van der Waals surface area (Å²) in [6.45, 7) is 0. The highest BCUT2D eigenvalue weighted by atomic mass is 32.1. The van der Waals surface area contributed by atoms with Gasteiger partial charge in [-0.3, -0.25) is 4.90 Å². The highest BCUT2D eigenvalue weighted by Crippen LogP contribution is 2.43. The molecule has 6 aromatic carbocycles. The number of anilines is 3. The monoisotopic (exact) mass is 582 g/mol. The zero-order valence-corrected chi connectivity index (χ0v) is 24.1. The van der Waals surface area contributed by atoms with Crippen LogP contribution in [0.25, 0.3) is 75.0 Å². The number of rotatable bonds is 3. The molecular formula is C39H22N2O2S. The van der Waals surface area contributed by atoms with Crippen LogP contribution >= 0.6 is 11.3 Å². The first-order chi connectivity index (χ1) is 21.8. The highest BCUT2D eigenvalue weighted by molar-refractivity contribution is 7.25. The summed E-state index contributed by atoms with van der Waals surface area (Å²) in [5.41, 5.74) is 6.29. The maximum Gasteiger partial charge on any atom is 0.154 e.